The Labute approximate surface area is 133 Å². The number of rotatable bonds is 1. The molecular formula is C17H18N2O2S. The van der Waals surface area contributed by atoms with Gasteiger partial charge in [-0.05, 0) is 36.8 Å². The van der Waals surface area contributed by atoms with Crippen molar-refractivity contribution in [1.29, 1.82) is 0 Å². The number of hydrogen-bond acceptors (Lipinski definition) is 4. The highest BCUT2D eigenvalue weighted by Crippen LogP contribution is 2.43. The van der Waals surface area contributed by atoms with Gasteiger partial charge in [0.05, 0.1) is 5.56 Å². The van der Waals surface area contributed by atoms with E-state index in [2.05, 4.69) is 17.6 Å². The van der Waals surface area contributed by atoms with Crippen LogP contribution in [0.15, 0.2) is 24.3 Å². The van der Waals surface area contributed by atoms with Crippen LogP contribution in [0.3, 0.4) is 0 Å². The molecule has 2 aliphatic rings. The van der Waals surface area contributed by atoms with Crippen molar-refractivity contribution in [3.8, 4) is 5.75 Å². The highest BCUT2D eigenvalue weighted by Gasteiger charge is 2.33. The first kappa shape index (κ1) is 13.6. The second kappa shape index (κ2) is 5.02. The molecule has 4 rings (SSSR count). The van der Waals surface area contributed by atoms with Gasteiger partial charge < -0.3 is 15.7 Å². The Kier molecular flexibility index (Phi) is 3.11. The Hall–Kier alpha value is -2.01. The molecule has 1 aliphatic heterocycles. The average molecular weight is 314 g/mol. The van der Waals surface area contributed by atoms with Crippen molar-refractivity contribution in [2.75, 3.05) is 5.32 Å². The third kappa shape index (κ3) is 2.08. The van der Waals surface area contributed by atoms with Crippen molar-refractivity contribution >= 4 is 22.2 Å². The minimum Gasteiger partial charge on any atom is -0.508 e. The van der Waals surface area contributed by atoms with E-state index < -0.39 is 0 Å². The molecule has 1 aromatic heterocycles. The van der Waals surface area contributed by atoms with E-state index in [-0.39, 0.29) is 17.8 Å². The fourth-order valence-corrected chi connectivity index (χ4v) is 4.79. The zero-order valence-corrected chi connectivity index (χ0v) is 13.2. The summed E-state index contributed by atoms with van der Waals surface area (Å²) in [6, 6.07) is 7.10. The number of para-hydroxylation sites is 1. The number of fused-ring (bicyclic) bond motifs is 3. The van der Waals surface area contributed by atoms with Crippen LogP contribution in [0.4, 0.5) is 5.00 Å². The molecule has 114 valence electrons. The molecule has 2 aromatic rings. The molecule has 3 N–H and O–H groups in total. The van der Waals surface area contributed by atoms with Gasteiger partial charge in [0.1, 0.15) is 16.9 Å². The predicted molar refractivity (Wildman–Crippen MR) is 87.4 cm³/mol. The van der Waals surface area contributed by atoms with E-state index in [4.69, 9.17) is 0 Å². The van der Waals surface area contributed by atoms with Crippen molar-refractivity contribution in [3.63, 3.8) is 0 Å². The van der Waals surface area contributed by atoms with Crippen LogP contribution in [0.1, 0.15) is 45.9 Å². The second-order valence-corrected chi connectivity index (χ2v) is 7.27. The number of carbonyl (C=O) groups excluding carboxylic acids is 1. The van der Waals surface area contributed by atoms with Crippen molar-refractivity contribution in [2.45, 2.75) is 32.4 Å². The van der Waals surface area contributed by atoms with Gasteiger partial charge in [0.2, 0.25) is 0 Å². The van der Waals surface area contributed by atoms with Crippen LogP contribution in [0.25, 0.3) is 0 Å². The number of hydrogen-bond donors (Lipinski definition) is 3. The van der Waals surface area contributed by atoms with Crippen molar-refractivity contribution in [2.24, 2.45) is 5.92 Å². The van der Waals surface area contributed by atoms with Crippen LogP contribution < -0.4 is 10.6 Å². The SMILES string of the molecule is CC1CCc2c(sc3c2C(=O)NC(c2ccccc2O)N3)C1. The number of thiophene rings is 1. The van der Waals surface area contributed by atoms with Gasteiger partial charge in [-0.2, -0.15) is 0 Å². The zero-order valence-electron chi connectivity index (χ0n) is 12.3. The van der Waals surface area contributed by atoms with Crippen LogP contribution in [-0.2, 0) is 12.8 Å². The van der Waals surface area contributed by atoms with E-state index in [1.807, 2.05) is 12.1 Å². The van der Waals surface area contributed by atoms with Crippen LogP contribution in [0, 0.1) is 5.92 Å². The number of nitrogens with one attached hydrogen (secondary N) is 2. The highest BCUT2D eigenvalue weighted by molar-refractivity contribution is 7.16. The summed E-state index contributed by atoms with van der Waals surface area (Å²) in [6.45, 7) is 2.26. The van der Waals surface area contributed by atoms with E-state index in [1.54, 1.807) is 23.5 Å². The number of carbonyl (C=O) groups is 1. The predicted octanol–water partition coefficient (Wildman–Crippen LogP) is 3.43. The summed E-state index contributed by atoms with van der Waals surface area (Å²) in [4.78, 5) is 13.9. The Bertz CT molecular complexity index is 753. The summed E-state index contributed by atoms with van der Waals surface area (Å²) in [5.41, 5.74) is 2.73. The summed E-state index contributed by atoms with van der Waals surface area (Å²) in [5.74, 6) is 0.845. The van der Waals surface area contributed by atoms with Crippen molar-refractivity contribution < 1.29 is 9.90 Å². The van der Waals surface area contributed by atoms with E-state index >= 15 is 0 Å². The molecule has 0 spiro atoms. The molecule has 5 heteroatoms. The van der Waals surface area contributed by atoms with E-state index in [0.717, 1.165) is 29.8 Å². The third-order valence-electron chi connectivity index (χ3n) is 4.54. The molecule has 0 bridgehead atoms. The molecule has 0 fully saturated rings. The normalized spacial score (nSPS) is 23.2. The van der Waals surface area contributed by atoms with Gasteiger partial charge in [0.15, 0.2) is 0 Å². The lowest BCUT2D eigenvalue weighted by molar-refractivity contribution is 0.0935. The number of anilines is 1. The lowest BCUT2D eigenvalue weighted by Gasteiger charge is -2.27. The fourth-order valence-electron chi connectivity index (χ4n) is 3.35. The molecule has 4 nitrogen and oxygen atoms in total. The van der Waals surface area contributed by atoms with Crippen LogP contribution in [-0.4, -0.2) is 11.0 Å². The molecule has 2 heterocycles. The minimum absolute atomic E-state index is 0.0333. The molecule has 22 heavy (non-hydrogen) atoms. The van der Waals surface area contributed by atoms with Gasteiger partial charge in [-0.1, -0.05) is 25.1 Å². The Balaban J connectivity index is 1.73. The monoisotopic (exact) mass is 314 g/mol. The van der Waals surface area contributed by atoms with Gasteiger partial charge in [-0.25, -0.2) is 0 Å². The molecule has 0 radical (unpaired) electrons. The number of phenols is 1. The van der Waals surface area contributed by atoms with Crippen molar-refractivity contribution in [3.05, 3.63) is 45.8 Å². The first-order valence-corrected chi connectivity index (χ1v) is 8.45. The Morgan fingerprint density at radius 1 is 1.27 bits per heavy atom. The summed E-state index contributed by atoms with van der Waals surface area (Å²) in [5, 5.41) is 17.3. The second-order valence-electron chi connectivity index (χ2n) is 6.17. The largest absolute Gasteiger partial charge is 0.508 e. The highest BCUT2D eigenvalue weighted by atomic mass is 32.1. The van der Waals surface area contributed by atoms with E-state index in [9.17, 15) is 9.90 Å². The quantitative estimate of drug-likeness (QED) is 0.756. The zero-order chi connectivity index (χ0) is 15.3. The molecule has 0 saturated carbocycles. The number of amides is 1. The molecule has 2 unspecified atom stereocenters. The first-order valence-electron chi connectivity index (χ1n) is 7.63. The lowest BCUT2D eigenvalue weighted by atomic mass is 9.88. The van der Waals surface area contributed by atoms with E-state index in [0.29, 0.717) is 11.5 Å². The average Bonchev–Trinajstić information content (AvgIpc) is 2.85. The number of phenolic OH excluding ortho intramolecular Hbond substituents is 1. The van der Waals surface area contributed by atoms with Gasteiger partial charge in [0.25, 0.3) is 5.91 Å². The molecule has 1 amide bonds. The summed E-state index contributed by atoms with van der Waals surface area (Å²) < 4.78 is 0. The van der Waals surface area contributed by atoms with Gasteiger partial charge in [0, 0.05) is 10.4 Å². The van der Waals surface area contributed by atoms with Crippen LogP contribution >= 0.6 is 11.3 Å². The molecule has 2 atom stereocenters. The standard InChI is InChI=1S/C17H18N2O2S/c1-9-6-7-11-13(8-9)22-17-14(11)16(21)18-15(19-17)10-4-2-3-5-12(10)20/h2-5,9,15,19-20H,6-8H2,1H3,(H,18,21). The molecule has 0 saturated heterocycles. The minimum atomic E-state index is -0.376. The Morgan fingerprint density at radius 2 is 2.09 bits per heavy atom. The van der Waals surface area contributed by atoms with Gasteiger partial charge in [-0.3, -0.25) is 4.79 Å². The number of benzene rings is 1. The van der Waals surface area contributed by atoms with Crippen molar-refractivity contribution in [1.82, 2.24) is 5.32 Å². The third-order valence-corrected chi connectivity index (χ3v) is 5.72. The topological polar surface area (TPSA) is 61.4 Å². The van der Waals surface area contributed by atoms with E-state index in [1.165, 1.54) is 10.4 Å². The maximum atomic E-state index is 12.6. The summed E-state index contributed by atoms with van der Waals surface area (Å²) >= 11 is 1.70. The Morgan fingerprint density at radius 3 is 2.91 bits per heavy atom. The smallest absolute Gasteiger partial charge is 0.256 e. The number of aromatic hydroxyl groups is 1. The summed E-state index contributed by atoms with van der Waals surface area (Å²) in [7, 11) is 0. The van der Waals surface area contributed by atoms with Crippen LogP contribution in [0.2, 0.25) is 0 Å². The first-order chi connectivity index (χ1) is 10.6. The molecular weight excluding hydrogens is 296 g/mol. The van der Waals surface area contributed by atoms with Gasteiger partial charge in [-0.15, -0.1) is 11.3 Å². The maximum Gasteiger partial charge on any atom is 0.256 e. The molecule has 1 aliphatic carbocycles. The molecule has 1 aromatic carbocycles. The van der Waals surface area contributed by atoms with Gasteiger partial charge >= 0.3 is 0 Å². The summed E-state index contributed by atoms with van der Waals surface area (Å²) in [6.07, 6.45) is 2.81. The fraction of sp³-hybridized carbons (Fsp3) is 0.353. The van der Waals surface area contributed by atoms with Crippen LogP contribution in [0.5, 0.6) is 5.75 Å². The lowest BCUT2D eigenvalue weighted by Crippen LogP contribution is -2.38. The maximum absolute atomic E-state index is 12.6.